The molecule has 0 saturated heterocycles. The molecule has 0 aliphatic heterocycles. The molecule has 1 saturated carbocycles. The normalized spacial score (nSPS) is 22.6. The van der Waals surface area contributed by atoms with E-state index in [4.69, 9.17) is 9.26 Å². The van der Waals surface area contributed by atoms with E-state index in [1.807, 2.05) is 97.9 Å². The van der Waals surface area contributed by atoms with E-state index < -0.39 is 40.8 Å². The highest BCUT2D eigenvalue weighted by atomic mass is 16.5. The van der Waals surface area contributed by atoms with Gasteiger partial charge >= 0.3 is 0 Å². The average molecular weight is 672 g/mol. The number of aliphatic hydroxyl groups excluding tert-OH is 1. The van der Waals surface area contributed by atoms with Crippen LogP contribution in [0.5, 0.6) is 11.6 Å². The summed E-state index contributed by atoms with van der Waals surface area (Å²) in [6.07, 6.45) is 0.532. The number of phenols is 1. The average Bonchev–Trinajstić information content (AvgIpc) is 3.52. The molecule has 8 rings (SSSR count). The summed E-state index contributed by atoms with van der Waals surface area (Å²) in [7, 11) is 7.53. The second-order valence-corrected chi connectivity index (χ2v) is 14.0. The van der Waals surface area contributed by atoms with Crippen LogP contribution < -0.4 is 9.64 Å². The number of rotatable bonds is 6. The zero-order valence-corrected chi connectivity index (χ0v) is 28.2. The van der Waals surface area contributed by atoms with E-state index >= 15 is 0 Å². The number of aliphatic hydroxyl groups is 2. The molecule has 10 heteroatoms. The summed E-state index contributed by atoms with van der Waals surface area (Å²) in [5, 5.41) is 41.2. The maximum atomic E-state index is 14.5. The first kappa shape index (κ1) is 31.8. The highest BCUT2D eigenvalue weighted by Gasteiger charge is 2.65. The topological polar surface area (TPSA) is 137 Å². The molecule has 4 aromatic carbocycles. The molecule has 0 radical (unpaired) electrons. The Morgan fingerprint density at radius 3 is 2.32 bits per heavy atom. The summed E-state index contributed by atoms with van der Waals surface area (Å²) in [5.41, 5.74) is 1.90. The number of carbonyl (C=O) groups is 2. The number of hydrogen-bond donors (Lipinski definition) is 3. The van der Waals surface area contributed by atoms with Gasteiger partial charge in [0.25, 0.3) is 5.88 Å². The van der Waals surface area contributed by atoms with Crippen LogP contribution in [0.3, 0.4) is 0 Å². The first-order chi connectivity index (χ1) is 24.0. The van der Waals surface area contributed by atoms with Gasteiger partial charge in [-0.3, -0.25) is 14.5 Å². The Labute approximate surface area is 288 Å². The van der Waals surface area contributed by atoms with Gasteiger partial charge in [-0.25, -0.2) is 0 Å². The molecule has 0 unspecified atom stereocenters. The lowest BCUT2D eigenvalue weighted by molar-refractivity contribution is -0.142. The molecule has 3 N–H and O–H groups in total. The van der Waals surface area contributed by atoms with Crippen molar-refractivity contribution in [2.45, 2.75) is 31.1 Å². The smallest absolute Gasteiger partial charge is 0.265 e. The first-order valence-corrected chi connectivity index (χ1v) is 16.6. The van der Waals surface area contributed by atoms with Gasteiger partial charge in [0.05, 0.1) is 11.6 Å². The van der Waals surface area contributed by atoms with Gasteiger partial charge in [0.15, 0.2) is 11.4 Å². The fraction of sp³-hybridized carbons (Fsp3) is 0.275. The number of anilines is 1. The lowest BCUT2D eigenvalue weighted by Crippen LogP contribution is -2.63. The lowest BCUT2D eigenvalue weighted by Gasteiger charge is -2.49. The third-order valence-corrected chi connectivity index (χ3v) is 10.6. The number of carbonyl (C=O) groups excluding carboxylic acids is 2. The zero-order valence-electron chi connectivity index (χ0n) is 28.2. The number of ketones is 2. The quantitative estimate of drug-likeness (QED) is 0.182. The molecular weight excluding hydrogens is 634 g/mol. The van der Waals surface area contributed by atoms with Crippen LogP contribution in [0, 0.1) is 11.8 Å². The van der Waals surface area contributed by atoms with E-state index in [0.29, 0.717) is 17.4 Å². The van der Waals surface area contributed by atoms with E-state index in [1.165, 1.54) is 0 Å². The van der Waals surface area contributed by atoms with E-state index in [1.54, 1.807) is 19.0 Å². The van der Waals surface area contributed by atoms with Crippen molar-refractivity contribution in [1.29, 1.82) is 0 Å². The monoisotopic (exact) mass is 671 g/mol. The van der Waals surface area contributed by atoms with Gasteiger partial charge in [0, 0.05) is 36.7 Å². The summed E-state index contributed by atoms with van der Waals surface area (Å²) in [6.45, 7) is 0.0939. The van der Waals surface area contributed by atoms with Crippen LogP contribution in [-0.4, -0.2) is 70.7 Å². The van der Waals surface area contributed by atoms with E-state index in [9.17, 15) is 24.9 Å². The molecule has 3 aliphatic carbocycles. The van der Waals surface area contributed by atoms with Gasteiger partial charge in [0.2, 0.25) is 11.6 Å². The molecular formula is C40H37N3O7. The molecule has 0 bridgehead atoms. The Morgan fingerprint density at radius 1 is 0.900 bits per heavy atom. The van der Waals surface area contributed by atoms with Crippen LogP contribution in [0.25, 0.3) is 27.7 Å². The molecule has 0 amide bonds. The number of phenolic OH excluding ortho intramolecular Hbond substituents is 1. The summed E-state index contributed by atoms with van der Waals surface area (Å²) >= 11 is 0. The van der Waals surface area contributed by atoms with Crippen molar-refractivity contribution >= 4 is 33.8 Å². The molecule has 4 atom stereocenters. The molecule has 3 aliphatic rings. The van der Waals surface area contributed by atoms with Crippen LogP contribution in [0.1, 0.15) is 45.3 Å². The largest absolute Gasteiger partial charge is 0.507 e. The van der Waals surface area contributed by atoms with E-state index in [-0.39, 0.29) is 47.1 Å². The van der Waals surface area contributed by atoms with E-state index in [0.717, 1.165) is 27.8 Å². The Hall–Kier alpha value is -5.45. The van der Waals surface area contributed by atoms with Gasteiger partial charge in [-0.05, 0) is 83.9 Å². The summed E-state index contributed by atoms with van der Waals surface area (Å²) in [6, 6.07) is 24.4. The lowest BCUT2D eigenvalue weighted by atomic mass is 9.57. The number of nitrogens with zero attached hydrogens (tertiary/aromatic N) is 3. The molecule has 1 heterocycles. The number of aromatic hydroxyl groups is 1. The second kappa shape index (κ2) is 11.6. The fourth-order valence-corrected chi connectivity index (χ4v) is 8.15. The highest BCUT2D eigenvalue weighted by Crippen LogP contribution is 2.56. The zero-order chi connectivity index (χ0) is 35.1. The van der Waals surface area contributed by atoms with Crippen molar-refractivity contribution < 1.29 is 34.2 Å². The van der Waals surface area contributed by atoms with Gasteiger partial charge < -0.3 is 29.5 Å². The van der Waals surface area contributed by atoms with Crippen molar-refractivity contribution in [2.75, 3.05) is 33.1 Å². The van der Waals surface area contributed by atoms with Gasteiger partial charge in [-0.15, -0.1) is 0 Å². The number of benzene rings is 4. The molecule has 50 heavy (non-hydrogen) atoms. The minimum absolute atomic E-state index is 0.0566. The molecule has 1 aromatic heterocycles. The molecule has 5 aromatic rings. The van der Waals surface area contributed by atoms with Crippen LogP contribution in [0.2, 0.25) is 0 Å². The van der Waals surface area contributed by atoms with Crippen LogP contribution in [0.4, 0.5) is 5.69 Å². The van der Waals surface area contributed by atoms with Crippen LogP contribution in [0.15, 0.2) is 89.0 Å². The summed E-state index contributed by atoms with van der Waals surface area (Å²) in [5.74, 6) is -3.61. The van der Waals surface area contributed by atoms with Crippen LogP contribution in [-0.2, 0) is 17.8 Å². The number of ether oxygens (including phenoxy) is 1. The Morgan fingerprint density at radius 2 is 1.62 bits per heavy atom. The Bertz CT molecular complexity index is 2220. The molecule has 0 spiro atoms. The van der Waals surface area contributed by atoms with Crippen molar-refractivity contribution in [1.82, 2.24) is 10.1 Å². The number of Topliss-reactive ketones (excluding diaryl/α,β-unsaturated/α-hetero) is 2. The number of hydrogen-bond acceptors (Lipinski definition) is 10. The van der Waals surface area contributed by atoms with Gasteiger partial charge in [0.1, 0.15) is 23.7 Å². The van der Waals surface area contributed by atoms with Crippen molar-refractivity contribution in [3.63, 3.8) is 0 Å². The highest BCUT2D eigenvalue weighted by molar-refractivity contribution is 6.26. The predicted octanol–water partition coefficient (Wildman–Crippen LogP) is 6.11. The first-order valence-electron chi connectivity index (χ1n) is 16.6. The Balaban J connectivity index is 1.20. The predicted molar refractivity (Wildman–Crippen MR) is 188 cm³/mol. The minimum Gasteiger partial charge on any atom is -0.507 e. The molecule has 254 valence electrons. The maximum Gasteiger partial charge on any atom is 0.265 e. The third kappa shape index (κ3) is 4.66. The summed E-state index contributed by atoms with van der Waals surface area (Å²) < 4.78 is 11.6. The number of aromatic nitrogens is 1. The van der Waals surface area contributed by atoms with Gasteiger partial charge in [-0.2, -0.15) is 0 Å². The van der Waals surface area contributed by atoms with Crippen molar-refractivity contribution in [2.24, 2.45) is 11.8 Å². The maximum absolute atomic E-state index is 14.5. The fourth-order valence-electron chi connectivity index (χ4n) is 8.15. The Kier molecular flexibility index (Phi) is 7.36. The molecule has 10 nitrogen and oxygen atoms in total. The second-order valence-electron chi connectivity index (χ2n) is 14.0. The van der Waals surface area contributed by atoms with Crippen molar-refractivity contribution in [3.05, 3.63) is 112 Å². The summed E-state index contributed by atoms with van der Waals surface area (Å²) in [4.78, 5) is 32.7. The standard InChI is InChI=1S/C40H37N3O7/c1-42(2)27-14-12-22(13-15-27)23-10-11-24-16-25-17-26-19-29-33(43(3)4)36-32(39(41-50-36)49-20-21-8-6-5-7-9-21)38(47)40(29,48)37(46)31(26)35(45)30(25)34(44)28(24)18-23/h5-16,18,26,29,33,44-45,48H,17,19-20H2,1-4H3/t26-,29-,33-,40-/m0/s1. The van der Waals surface area contributed by atoms with E-state index in [2.05, 4.69) is 5.16 Å². The van der Waals surface area contributed by atoms with Crippen molar-refractivity contribution in [3.8, 4) is 22.8 Å². The third-order valence-electron chi connectivity index (χ3n) is 10.6. The molecule has 1 fully saturated rings. The minimum atomic E-state index is -2.52. The van der Waals surface area contributed by atoms with Crippen LogP contribution >= 0.6 is 0 Å². The number of fused-ring (bicyclic) bond motifs is 5. The SMILES string of the molecule is CN(C)c1ccc(-c2ccc3cc4c(c(O)c3c2)C(O)=C2C(=O)[C@]3(O)C(=O)c5c(OCc6ccccc6)noc5[C@@H](N(C)C)[C@@H]3C[C@@H]2C4)cc1. The van der Waals surface area contributed by atoms with Gasteiger partial charge in [-0.1, -0.05) is 60.7 Å².